The largest absolute Gasteiger partial charge is 0.492 e. The van der Waals surface area contributed by atoms with Gasteiger partial charge in [-0.25, -0.2) is 0 Å². The van der Waals surface area contributed by atoms with Crippen molar-refractivity contribution in [1.82, 2.24) is 5.32 Å². The van der Waals surface area contributed by atoms with Crippen molar-refractivity contribution in [2.24, 2.45) is 0 Å². The lowest BCUT2D eigenvalue weighted by Gasteiger charge is -2.19. The van der Waals surface area contributed by atoms with Gasteiger partial charge in [0, 0.05) is 11.9 Å². The van der Waals surface area contributed by atoms with Gasteiger partial charge >= 0.3 is 0 Å². The number of benzene rings is 2. The fraction of sp³-hybridized carbons (Fsp3) is 0.263. The number of carbonyl (C=O) groups excluding carboxylic acids is 2. The molecule has 0 aliphatic heterocycles. The molecule has 2 rings (SSSR count). The predicted octanol–water partition coefficient (Wildman–Crippen LogP) is 3.94. The Labute approximate surface area is 152 Å². The molecule has 2 aromatic carbocycles. The van der Waals surface area contributed by atoms with Crippen LogP contribution in [-0.2, 0) is 9.59 Å². The monoisotopic (exact) mass is 360 g/mol. The summed E-state index contributed by atoms with van der Waals surface area (Å²) in [4.78, 5) is 24.0. The topological polar surface area (TPSA) is 67.4 Å². The highest BCUT2D eigenvalue weighted by atomic mass is 35.5. The number of rotatable bonds is 7. The van der Waals surface area contributed by atoms with Crippen molar-refractivity contribution in [3.05, 3.63) is 59.1 Å². The van der Waals surface area contributed by atoms with Crippen LogP contribution >= 0.6 is 11.6 Å². The molecule has 2 aromatic rings. The van der Waals surface area contributed by atoms with Crippen molar-refractivity contribution in [2.75, 3.05) is 11.9 Å². The molecule has 0 fully saturated rings. The average molecular weight is 361 g/mol. The van der Waals surface area contributed by atoms with Crippen LogP contribution in [0, 0.1) is 0 Å². The summed E-state index contributed by atoms with van der Waals surface area (Å²) in [5, 5.41) is 6.18. The van der Waals surface area contributed by atoms with Crippen LogP contribution in [0.5, 0.6) is 5.75 Å². The lowest BCUT2D eigenvalue weighted by molar-refractivity contribution is -0.120. The minimum atomic E-state index is -0.463. The first-order valence-corrected chi connectivity index (χ1v) is 8.41. The first kappa shape index (κ1) is 18.8. The number of hydrogen-bond donors (Lipinski definition) is 2. The summed E-state index contributed by atoms with van der Waals surface area (Å²) in [6, 6.07) is 13.9. The van der Waals surface area contributed by atoms with Crippen LogP contribution in [0.3, 0.4) is 0 Å². The Bertz CT molecular complexity index is 749. The van der Waals surface area contributed by atoms with E-state index in [1.807, 2.05) is 25.1 Å². The summed E-state index contributed by atoms with van der Waals surface area (Å²) in [5.74, 6) is 0.163. The summed E-state index contributed by atoms with van der Waals surface area (Å²) in [5.41, 5.74) is 1.37. The van der Waals surface area contributed by atoms with Crippen LogP contribution in [0.15, 0.2) is 48.5 Å². The number of amides is 2. The van der Waals surface area contributed by atoms with Gasteiger partial charge in [-0.3, -0.25) is 9.59 Å². The first-order chi connectivity index (χ1) is 12.0. The smallest absolute Gasteiger partial charge is 0.226 e. The number of nitrogens with one attached hydrogen (secondary N) is 2. The molecule has 0 aromatic heterocycles. The highest BCUT2D eigenvalue weighted by molar-refractivity contribution is 6.30. The number of para-hydroxylation sites is 2. The molecular formula is C19H21ClN2O3. The zero-order valence-electron chi connectivity index (χ0n) is 14.2. The van der Waals surface area contributed by atoms with Gasteiger partial charge in [0.25, 0.3) is 0 Å². The Hall–Kier alpha value is -2.53. The van der Waals surface area contributed by atoms with Gasteiger partial charge in [0.15, 0.2) is 0 Å². The Morgan fingerprint density at radius 3 is 2.60 bits per heavy atom. The lowest BCUT2D eigenvalue weighted by atomic mass is 10.0. The maximum atomic E-state index is 12.5. The molecule has 5 nitrogen and oxygen atoms in total. The fourth-order valence-corrected chi connectivity index (χ4v) is 2.66. The van der Waals surface area contributed by atoms with Crippen LogP contribution in [0.2, 0.25) is 5.02 Å². The summed E-state index contributed by atoms with van der Waals surface area (Å²) in [6.45, 7) is 3.80. The van der Waals surface area contributed by atoms with E-state index < -0.39 is 6.04 Å². The maximum absolute atomic E-state index is 12.5. The minimum Gasteiger partial charge on any atom is -0.492 e. The third-order valence-corrected chi connectivity index (χ3v) is 3.71. The summed E-state index contributed by atoms with van der Waals surface area (Å²) in [6.07, 6.45) is 0.0837. The van der Waals surface area contributed by atoms with Crippen molar-refractivity contribution in [3.8, 4) is 5.75 Å². The van der Waals surface area contributed by atoms with Gasteiger partial charge in [-0.15, -0.1) is 0 Å². The molecule has 1 atom stereocenters. The van der Waals surface area contributed by atoms with E-state index in [9.17, 15) is 9.59 Å². The van der Waals surface area contributed by atoms with E-state index in [0.29, 0.717) is 23.1 Å². The number of hydrogen-bond acceptors (Lipinski definition) is 3. The number of halogens is 1. The maximum Gasteiger partial charge on any atom is 0.226 e. The molecule has 0 bridgehead atoms. The lowest BCUT2D eigenvalue weighted by Crippen LogP contribution is -2.29. The zero-order valence-corrected chi connectivity index (χ0v) is 15.0. The van der Waals surface area contributed by atoms with Gasteiger partial charge in [-0.2, -0.15) is 0 Å². The van der Waals surface area contributed by atoms with Crippen molar-refractivity contribution in [3.63, 3.8) is 0 Å². The van der Waals surface area contributed by atoms with Gasteiger partial charge in [0.2, 0.25) is 11.8 Å². The van der Waals surface area contributed by atoms with Crippen LogP contribution < -0.4 is 15.4 Å². The summed E-state index contributed by atoms with van der Waals surface area (Å²) < 4.78 is 5.51. The Kier molecular flexibility index (Phi) is 6.83. The Morgan fingerprint density at radius 1 is 1.16 bits per heavy atom. The molecule has 0 aliphatic rings. The number of anilines is 1. The average Bonchev–Trinajstić information content (AvgIpc) is 2.56. The van der Waals surface area contributed by atoms with E-state index in [-0.39, 0.29) is 18.2 Å². The van der Waals surface area contributed by atoms with Crippen molar-refractivity contribution < 1.29 is 14.3 Å². The molecule has 0 aliphatic carbocycles. The highest BCUT2D eigenvalue weighted by Gasteiger charge is 2.18. The molecule has 132 valence electrons. The van der Waals surface area contributed by atoms with Crippen molar-refractivity contribution in [1.29, 1.82) is 0 Å². The van der Waals surface area contributed by atoms with Crippen molar-refractivity contribution in [2.45, 2.75) is 26.3 Å². The number of carbonyl (C=O) groups is 2. The molecule has 1 unspecified atom stereocenters. The summed E-state index contributed by atoms with van der Waals surface area (Å²) >= 11 is 6.02. The Morgan fingerprint density at radius 2 is 1.92 bits per heavy atom. The van der Waals surface area contributed by atoms with E-state index in [1.165, 1.54) is 6.92 Å². The third kappa shape index (κ3) is 5.80. The van der Waals surface area contributed by atoms with E-state index in [4.69, 9.17) is 16.3 Å². The Balaban J connectivity index is 2.13. The van der Waals surface area contributed by atoms with Gasteiger partial charge in [-0.05, 0) is 36.8 Å². The molecular weight excluding hydrogens is 340 g/mol. The van der Waals surface area contributed by atoms with Gasteiger partial charge in [-0.1, -0.05) is 35.9 Å². The van der Waals surface area contributed by atoms with Gasteiger partial charge < -0.3 is 15.4 Å². The van der Waals surface area contributed by atoms with E-state index >= 15 is 0 Å². The van der Waals surface area contributed by atoms with Gasteiger partial charge in [0.05, 0.1) is 24.8 Å². The molecule has 0 radical (unpaired) electrons. The number of ether oxygens (including phenoxy) is 1. The second-order valence-corrected chi connectivity index (χ2v) is 5.93. The quantitative estimate of drug-likeness (QED) is 0.785. The molecule has 2 amide bonds. The van der Waals surface area contributed by atoms with Crippen LogP contribution in [-0.4, -0.2) is 18.4 Å². The predicted molar refractivity (Wildman–Crippen MR) is 98.9 cm³/mol. The zero-order chi connectivity index (χ0) is 18.2. The standard InChI is InChI=1S/C19H21ClN2O3/c1-3-25-18-10-5-4-9-16(18)22-19(24)12-17(21-13(2)23)14-7-6-8-15(20)11-14/h4-11,17H,3,12H2,1-2H3,(H,21,23)(H,22,24). The van der Waals surface area contributed by atoms with E-state index in [0.717, 1.165) is 5.56 Å². The molecule has 0 spiro atoms. The molecule has 0 saturated carbocycles. The normalized spacial score (nSPS) is 11.5. The molecule has 6 heteroatoms. The van der Waals surface area contributed by atoms with Crippen LogP contribution in [0.1, 0.15) is 31.9 Å². The van der Waals surface area contributed by atoms with Crippen LogP contribution in [0.4, 0.5) is 5.69 Å². The molecule has 25 heavy (non-hydrogen) atoms. The summed E-state index contributed by atoms with van der Waals surface area (Å²) in [7, 11) is 0. The first-order valence-electron chi connectivity index (χ1n) is 8.04. The third-order valence-electron chi connectivity index (χ3n) is 3.48. The van der Waals surface area contributed by atoms with E-state index in [2.05, 4.69) is 10.6 Å². The highest BCUT2D eigenvalue weighted by Crippen LogP contribution is 2.25. The second kappa shape index (κ2) is 9.08. The molecule has 0 saturated heterocycles. The molecule has 2 N–H and O–H groups in total. The molecule has 0 heterocycles. The fourth-order valence-electron chi connectivity index (χ4n) is 2.46. The van der Waals surface area contributed by atoms with Crippen LogP contribution in [0.25, 0.3) is 0 Å². The SMILES string of the molecule is CCOc1ccccc1NC(=O)CC(NC(C)=O)c1cccc(Cl)c1. The van der Waals surface area contributed by atoms with Gasteiger partial charge in [0.1, 0.15) is 5.75 Å². The van der Waals surface area contributed by atoms with E-state index in [1.54, 1.807) is 30.3 Å². The second-order valence-electron chi connectivity index (χ2n) is 5.49. The van der Waals surface area contributed by atoms with Crippen molar-refractivity contribution >= 4 is 29.1 Å². The minimum absolute atomic E-state index is 0.0837.